The number of carbonyl (C=O) groups is 1. The molecule has 18 heavy (non-hydrogen) atoms. The SMILES string of the molecule is O=C(O)COc1cccc(-c2cccc(F)c2)c1. The van der Waals surface area contributed by atoms with Gasteiger partial charge in [-0.3, -0.25) is 0 Å². The summed E-state index contributed by atoms with van der Waals surface area (Å²) >= 11 is 0. The first-order chi connectivity index (χ1) is 8.65. The van der Waals surface area contributed by atoms with Crippen LogP contribution in [0.1, 0.15) is 0 Å². The second kappa shape index (κ2) is 5.31. The summed E-state index contributed by atoms with van der Waals surface area (Å²) in [5, 5.41) is 8.52. The van der Waals surface area contributed by atoms with Crippen LogP contribution in [0.5, 0.6) is 5.75 Å². The molecule has 0 saturated heterocycles. The van der Waals surface area contributed by atoms with Crippen molar-refractivity contribution in [3.8, 4) is 16.9 Å². The normalized spacial score (nSPS) is 10.1. The van der Waals surface area contributed by atoms with Gasteiger partial charge in [0.05, 0.1) is 0 Å². The molecule has 1 N–H and O–H groups in total. The van der Waals surface area contributed by atoms with Gasteiger partial charge in [0.15, 0.2) is 6.61 Å². The predicted octanol–water partition coefficient (Wildman–Crippen LogP) is 2.96. The van der Waals surface area contributed by atoms with Crippen LogP contribution in [0.15, 0.2) is 48.5 Å². The molecule has 0 bridgehead atoms. The molecule has 0 saturated carbocycles. The minimum absolute atomic E-state index is 0.315. The second-order valence-corrected chi connectivity index (χ2v) is 3.72. The lowest BCUT2D eigenvalue weighted by molar-refractivity contribution is -0.139. The van der Waals surface area contributed by atoms with Crippen LogP contribution >= 0.6 is 0 Å². The van der Waals surface area contributed by atoms with Crippen LogP contribution in [-0.4, -0.2) is 17.7 Å². The van der Waals surface area contributed by atoms with Crippen molar-refractivity contribution >= 4 is 5.97 Å². The largest absolute Gasteiger partial charge is 0.482 e. The zero-order valence-electron chi connectivity index (χ0n) is 9.47. The topological polar surface area (TPSA) is 46.5 Å². The maximum absolute atomic E-state index is 13.1. The molecule has 2 rings (SSSR count). The lowest BCUT2D eigenvalue weighted by atomic mass is 10.1. The van der Waals surface area contributed by atoms with Crippen molar-refractivity contribution in [3.05, 3.63) is 54.3 Å². The van der Waals surface area contributed by atoms with Crippen LogP contribution in [0.3, 0.4) is 0 Å². The van der Waals surface area contributed by atoms with Gasteiger partial charge in [0.2, 0.25) is 0 Å². The van der Waals surface area contributed by atoms with Crippen molar-refractivity contribution in [1.82, 2.24) is 0 Å². The Bertz CT molecular complexity index is 566. The van der Waals surface area contributed by atoms with Crippen LogP contribution in [0, 0.1) is 5.82 Å². The van der Waals surface area contributed by atoms with Crippen LogP contribution in [-0.2, 0) is 4.79 Å². The van der Waals surface area contributed by atoms with Gasteiger partial charge < -0.3 is 9.84 Å². The molecular formula is C14H11FO3. The number of hydrogen-bond acceptors (Lipinski definition) is 2. The maximum Gasteiger partial charge on any atom is 0.341 e. The highest BCUT2D eigenvalue weighted by atomic mass is 19.1. The van der Waals surface area contributed by atoms with E-state index in [1.807, 2.05) is 6.07 Å². The molecule has 2 aromatic carbocycles. The van der Waals surface area contributed by atoms with E-state index in [1.54, 1.807) is 30.3 Å². The highest BCUT2D eigenvalue weighted by Crippen LogP contribution is 2.24. The number of carboxylic acid groups (broad SMARTS) is 1. The van der Waals surface area contributed by atoms with E-state index in [4.69, 9.17) is 9.84 Å². The average Bonchev–Trinajstić information content (AvgIpc) is 2.37. The Labute approximate surface area is 103 Å². The fraction of sp³-hybridized carbons (Fsp3) is 0.0714. The Balaban J connectivity index is 2.24. The summed E-state index contributed by atoms with van der Waals surface area (Å²) in [6.45, 7) is -0.396. The third-order valence-corrected chi connectivity index (χ3v) is 2.35. The summed E-state index contributed by atoms with van der Waals surface area (Å²) in [7, 11) is 0. The van der Waals surface area contributed by atoms with Gasteiger partial charge in [0, 0.05) is 0 Å². The van der Waals surface area contributed by atoms with Gasteiger partial charge >= 0.3 is 5.97 Å². The molecule has 3 nitrogen and oxygen atoms in total. The highest BCUT2D eigenvalue weighted by molar-refractivity contribution is 5.69. The minimum atomic E-state index is -1.04. The highest BCUT2D eigenvalue weighted by Gasteiger charge is 2.03. The summed E-state index contributed by atoms with van der Waals surface area (Å²) in [5.41, 5.74) is 1.49. The Morgan fingerprint density at radius 3 is 2.44 bits per heavy atom. The van der Waals surface area contributed by atoms with Gasteiger partial charge in [-0.25, -0.2) is 9.18 Å². The van der Waals surface area contributed by atoms with Crippen LogP contribution in [0.2, 0.25) is 0 Å². The fourth-order valence-corrected chi connectivity index (χ4v) is 1.58. The molecule has 92 valence electrons. The molecule has 0 amide bonds. The molecule has 0 aliphatic heterocycles. The molecule has 4 heteroatoms. The quantitative estimate of drug-likeness (QED) is 0.902. The van der Waals surface area contributed by atoms with Crippen molar-refractivity contribution < 1.29 is 19.0 Å². The zero-order valence-corrected chi connectivity index (χ0v) is 9.47. The molecule has 0 fully saturated rings. The van der Waals surface area contributed by atoms with Gasteiger partial charge in [-0.05, 0) is 35.4 Å². The number of hydrogen-bond donors (Lipinski definition) is 1. The molecule has 0 heterocycles. The summed E-state index contributed by atoms with van der Waals surface area (Å²) in [6, 6.07) is 13.1. The minimum Gasteiger partial charge on any atom is -0.482 e. The van der Waals surface area contributed by atoms with Crippen molar-refractivity contribution in [2.75, 3.05) is 6.61 Å². The van der Waals surface area contributed by atoms with Gasteiger partial charge in [-0.15, -0.1) is 0 Å². The van der Waals surface area contributed by atoms with Crippen molar-refractivity contribution in [2.45, 2.75) is 0 Å². The summed E-state index contributed by atoms with van der Waals surface area (Å²) < 4.78 is 18.2. The predicted molar refractivity (Wildman–Crippen MR) is 65.0 cm³/mol. The van der Waals surface area contributed by atoms with E-state index in [-0.39, 0.29) is 5.82 Å². The lowest BCUT2D eigenvalue weighted by Gasteiger charge is -2.06. The van der Waals surface area contributed by atoms with E-state index in [1.165, 1.54) is 12.1 Å². The molecule has 0 radical (unpaired) electrons. The third kappa shape index (κ3) is 3.07. The smallest absolute Gasteiger partial charge is 0.341 e. The average molecular weight is 246 g/mol. The zero-order chi connectivity index (χ0) is 13.0. The van der Waals surface area contributed by atoms with Crippen molar-refractivity contribution in [1.29, 1.82) is 0 Å². The number of ether oxygens (including phenoxy) is 1. The molecular weight excluding hydrogens is 235 g/mol. The molecule has 0 spiro atoms. The van der Waals surface area contributed by atoms with Crippen molar-refractivity contribution in [3.63, 3.8) is 0 Å². The van der Waals surface area contributed by atoms with E-state index < -0.39 is 12.6 Å². The van der Waals surface area contributed by atoms with Gasteiger partial charge in [-0.1, -0.05) is 24.3 Å². The molecule has 0 unspecified atom stereocenters. The van der Waals surface area contributed by atoms with Gasteiger partial charge in [-0.2, -0.15) is 0 Å². The van der Waals surface area contributed by atoms with Crippen LogP contribution in [0.4, 0.5) is 4.39 Å². The van der Waals surface area contributed by atoms with E-state index >= 15 is 0 Å². The Morgan fingerprint density at radius 1 is 1.11 bits per heavy atom. The number of carboxylic acids is 1. The fourth-order valence-electron chi connectivity index (χ4n) is 1.58. The number of rotatable bonds is 4. The molecule has 0 atom stereocenters. The molecule has 0 aliphatic rings. The first-order valence-corrected chi connectivity index (χ1v) is 5.36. The first-order valence-electron chi connectivity index (χ1n) is 5.36. The Hall–Kier alpha value is -2.36. The Morgan fingerprint density at radius 2 is 1.78 bits per heavy atom. The molecule has 0 aromatic heterocycles. The number of benzene rings is 2. The summed E-state index contributed by atoms with van der Waals surface area (Å²) in [6.07, 6.45) is 0. The van der Waals surface area contributed by atoms with E-state index in [9.17, 15) is 9.18 Å². The summed E-state index contributed by atoms with van der Waals surface area (Å²) in [5.74, 6) is -0.908. The first kappa shape index (κ1) is 12.1. The van der Waals surface area contributed by atoms with Gasteiger partial charge in [0.25, 0.3) is 0 Å². The molecule has 0 aliphatic carbocycles. The van der Waals surface area contributed by atoms with E-state index in [2.05, 4.69) is 0 Å². The Kier molecular flexibility index (Phi) is 3.57. The summed E-state index contributed by atoms with van der Waals surface area (Å²) in [4.78, 5) is 10.4. The number of halogens is 1. The molecule has 2 aromatic rings. The van der Waals surface area contributed by atoms with E-state index in [0.717, 1.165) is 11.1 Å². The van der Waals surface area contributed by atoms with Crippen molar-refractivity contribution in [2.24, 2.45) is 0 Å². The van der Waals surface area contributed by atoms with Gasteiger partial charge in [0.1, 0.15) is 11.6 Å². The number of aliphatic carboxylic acids is 1. The van der Waals surface area contributed by atoms with Crippen LogP contribution < -0.4 is 4.74 Å². The third-order valence-electron chi connectivity index (χ3n) is 2.35. The van der Waals surface area contributed by atoms with E-state index in [0.29, 0.717) is 5.75 Å². The monoisotopic (exact) mass is 246 g/mol. The second-order valence-electron chi connectivity index (χ2n) is 3.72. The standard InChI is InChI=1S/C14H11FO3/c15-12-5-1-3-10(7-12)11-4-2-6-13(8-11)18-9-14(16)17/h1-8H,9H2,(H,16,17). The van der Waals surface area contributed by atoms with Crippen LogP contribution in [0.25, 0.3) is 11.1 Å². The maximum atomic E-state index is 13.1. The lowest BCUT2D eigenvalue weighted by Crippen LogP contribution is -2.09.